The van der Waals surface area contributed by atoms with Crippen LogP contribution in [0.1, 0.15) is 32.3 Å². The van der Waals surface area contributed by atoms with Crippen LogP contribution in [0.5, 0.6) is 11.5 Å². The number of ether oxygens (including phenoxy) is 2. The summed E-state index contributed by atoms with van der Waals surface area (Å²) in [5.41, 5.74) is 1.68. The average Bonchev–Trinajstić information content (AvgIpc) is 2.98. The third-order valence-corrected chi connectivity index (χ3v) is 5.45. The van der Waals surface area contributed by atoms with Gasteiger partial charge in [0.15, 0.2) is 4.32 Å². The fourth-order valence-electron chi connectivity index (χ4n) is 2.69. The van der Waals surface area contributed by atoms with Crippen LogP contribution in [0.25, 0.3) is 6.08 Å². The van der Waals surface area contributed by atoms with Crippen LogP contribution in [-0.4, -0.2) is 23.4 Å². The summed E-state index contributed by atoms with van der Waals surface area (Å²) in [5, 5.41) is 0. The van der Waals surface area contributed by atoms with Crippen molar-refractivity contribution < 1.29 is 14.3 Å². The molecule has 0 saturated carbocycles. The van der Waals surface area contributed by atoms with Gasteiger partial charge in [-0.25, -0.2) is 0 Å². The van der Waals surface area contributed by atoms with E-state index in [0.29, 0.717) is 15.8 Å². The van der Waals surface area contributed by atoms with E-state index >= 15 is 0 Å². The molecule has 0 aromatic heterocycles. The molecule has 3 rings (SSSR count). The van der Waals surface area contributed by atoms with Crippen molar-refractivity contribution in [1.29, 1.82) is 0 Å². The van der Waals surface area contributed by atoms with Crippen molar-refractivity contribution in [3.8, 4) is 11.5 Å². The molecule has 2 aromatic rings. The molecule has 1 aliphatic heterocycles. The summed E-state index contributed by atoms with van der Waals surface area (Å²) in [7, 11) is 0. The van der Waals surface area contributed by atoms with E-state index in [2.05, 4.69) is 6.92 Å². The molecule has 4 nitrogen and oxygen atoms in total. The first-order valence-corrected chi connectivity index (χ1v) is 10.6. The summed E-state index contributed by atoms with van der Waals surface area (Å²) < 4.78 is 11.7. The zero-order chi connectivity index (χ0) is 19.9. The number of unbranched alkanes of at least 4 members (excludes halogenated alkanes) is 1. The summed E-state index contributed by atoms with van der Waals surface area (Å²) in [6.07, 6.45) is 4.01. The summed E-state index contributed by atoms with van der Waals surface area (Å²) in [5.74, 6) is 1.50. The van der Waals surface area contributed by atoms with Crippen molar-refractivity contribution >= 4 is 46.0 Å². The summed E-state index contributed by atoms with van der Waals surface area (Å²) in [6.45, 7) is 5.39. The highest BCUT2D eigenvalue weighted by molar-refractivity contribution is 8.27. The van der Waals surface area contributed by atoms with Gasteiger partial charge < -0.3 is 9.47 Å². The number of thioether (sulfide) groups is 1. The minimum Gasteiger partial charge on any atom is -0.494 e. The normalized spacial score (nSPS) is 15.4. The zero-order valence-electron chi connectivity index (χ0n) is 16.0. The molecule has 0 aliphatic carbocycles. The number of carbonyl (C=O) groups is 1. The molecular formula is C22H23NO3S2. The summed E-state index contributed by atoms with van der Waals surface area (Å²) in [4.78, 5) is 15.0. The maximum absolute atomic E-state index is 12.9. The average molecular weight is 414 g/mol. The van der Waals surface area contributed by atoms with Gasteiger partial charge in [0.1, 0.15) is 11.5 Å². The van der Waals surface area contributed by atoms with Gasteiger partial charge in [0.2, 0.25) is 0 Å². The second-order valence-electron chi connectivity index (χ2n) is 6.22. The van der Waals surface area contributed by atoms with E-state index in [4.69, 9.17) is 21.7 Å². The van der Waals surface area contributed by atoms with Crippen molar-refractivity contribution in [1.82, 2.24) is 0 Å². The lowest BCUT2D eigenvalue weighted by atomic mass is 10.2. The molecule has 146 valence electrons. The number of amides is 1. The molecule has 2 aromatic carbocycles. The van der Waals surface area contributed by atoms with E-state index in [-0.39, 0.29) is 5.91 Å². The van der Waals surface area contributed by atoms with E-state index in [1.54, 1.807) is 4.90 Å². The topological polar surface area (TPSA) is 38.8 Å². The van der Waals surface area contributed by atoms with Gasteiger partial charge in [-0.15, -0.1) is 0 Å². The lowest BCUT2D eigenvalue weighted by Crippen LogP contribution is -2.27. The molecule has 1 saturated heterocycles. The third-order valence-electron chi connectivity index (χ3n) is 4.14. The zero-order valence-corrected chi connectivity index (χ0v) is 17.6. The first-order chi connectivity index (χ1) is 13.6. The molecule has 0 N–H and O–H groups in total. The van der Waals surface area contributed by atoms with Crippen LogP contribution < -0.4 is 14.4 Å². The number of nitrogens with zero attached hydrogens (tertiary/aromatic N) is 1. The fourth-order valence-corrected chi connectivity index (χ4v) is 3.99. The number of benzene rings is 2. The van der Waals surface area contributed by atoms with Crippen molar-refractivity contribution in [2.24, 2.45) is 0 Å². The lowest BCUT2D eigenvalue weighted by Gasteiger charge is -2.15. The number of thiocarbonyl (C=S) groups is 1. The predicted octanol–water partition coefficient (Wildman–Crippen LogP) is 5.67. The Bertz CT molecular complexity index is 860. The Morgan fingerprint density at radius 1 is 1.00 bits per heavy atom. The van der Waals surface area contributed by atoms with E-state index in [1.807, 2.05) is 61.5 Å². The third kappa shape index (κ3) is 4.94. The molecule has 28 heavy (non-hydrogen) atoms. The predicted molar refractivity (Wildman–Crippen MR) is 120 cm³/mol. The molecule has 1 heterocycles. The lowest BCUT2D eigenvalue weighted by molar-refractivity contribution is -0.113. The van der Waals surface area contributed by atoms with Crippen LogP contribution in [0.3, 0.4) is 0 Å². The number of carbonyl (C=O) groups excluding carboxylic acids is 1. The quantitative estimate of drug-likeness (QED) is 0.317. The van der Waals surface area contributed by atoms with Crippen molar-refractivity contribution in [3.05, 3.63) is 59.0 Å². The van der Waals surface area contributed by atoms with Gasteiger partial charge in [-0.3, -0.25) is 9.69 Å². The maximum Gasteiger partial charge on any atom is 0.270 e. The molecular weight excluding hydrogens is 390 g/mol. The molecule has 1 aliphatic rings. The van der Waals surface area contributed by atoms with Crippen LogP contribution in [0.2, 0.25) is 0 Å². The van der Waals surface area contributed by atoms with Crippen LogP contribution in [0.15, 0.2) is 53.4 Å². The highest BCUT2D eigenvalue weighted by atomic mass is 32.2. The van der Waals surface area contributed by atoms with Crippen molar-refractivity contribution in [3.63, 3.8) is 0 Å². The van der Waals surface area contributed by atoms with Crippen LogP contribution in [0.4, 0.5) is 5.69 Å². The Balaban J connectivity index is 1.71. The maximum atomic E-state index is 12.9. The largest absolute Gasteiger partial charge is 0.494 e. The van der Waals surface area contributed by atoms with Gasteiger partial charge >= 0.3 is 0 Å². The molecule has 0 radical (unpaired) electrons. The van der Waals surface area contributed by atoms with Gasteiger partial charge in [-0.2, -0.15) is 0 Å². The molecule has 0 spiro atoms. The molecule has 1 fully saturated rings. The van der Waals surface area contributed by atoms with Gasteiger partial charge in [-0.1, -0.05) is 49.5 Å². The second-order valence-corrected chi connectivity index (χ2v) is 7.89. The van der Waals surface area contributed by atoms with Crippen molar-refractivity contribution in [2.45, 2.75) is 26.7 Å². The van der Waals surface area contributed by atoms with Crippen LogP contribution in [-0.2, 0) is 4.79 Å². The Kier molecular flexibility index (Phi) is 7.12. The number of rotatable bonds is 8. The standard InChI is InChI=1S/C22H23NO3S2/c1-3-5-14-26-19-10-6-16(7-11-19)15-20-21(24)23(22(27)28-20)17-8-12-18(13-9-17)25-4-2/h6-13,15H,3-5,14H2,1-2H3/b20-15-. The monoisotopic (exact) mass is 413 g/mol. The minimum absolute atomic E-state index is 0.109. The fraction of sp³-hybridized carbons (Fsp3) is 0.273. The highest BCUT2D eigenvalue weighted by Gasteiger charge is 2.33. The number of hydrogen-bond donors (Lipinski definition) is 0. The summed E-state index contributed by atoms with van der Waals surface area (Å²) in [6, 6.07) is 15.1. The molecule has 1 amide bonds. The van der Waals surface area contributed by atoms with Crippen LogP contribution in [0, 0.1) is 0 Å². The molecule has 6 heteroatoms. The highest BCUT2D eigenvalue weighted by Crippen LogP contribution is 2.36. The summed E-state index contributed by atoms with van der Waals surface area (Å²) >= 11 is 6.75. The molecule has 0 atom stereocenters. The van der Waals surface area contributed by atoms with Gasteiger partial charge in [0.25, 0.3) is 5.91 Å². The van der Waals surface area contributed by atoms with Crippen LogP contribution >= 0.6 is 24.0 Å². The first kappa shape index (κ1) is 20.4. The number of anilines is 1. The van der Waals surface area contributed by atoms with E-state index in [9.17, 15) is 4.79 Å². The van der Waals surface area contributed by atoms with E-state index < -0.39 is 0 Å². The number of hydrogen-bond acceptors (Lipinski definition) is 5. The van der Waals surface area contributed by atoms with Gasteiger partial charge in [-0.05, 0) is 61.4 Å². The molecule has 0 bridgehead atoms. The minimum atomic E-state index is -0.109. The molecule has 0 unspecified atom stereocenters. The Morgan fingerprint density at radius 3 is 2.29 bits per heavy atom. The van der Waals surface area contributed by atoms with E-state index in [1.165, 1.54) is 11.8 Å². The Labute approximate surface area is 175 Å². The second kappa shape index (κ2) is 9.75. The Hall–Kier alpha value is -2.31. The first-order valence-electron chi connectivity index (χ1n) is 9.36. The van der Waals surface area contributed by atoms with Gasteiger partial charge in [0, 0.05) is 0 Å². The Morgan fingerprint density at radius 2 is 1.64 bits per heavy atom. The van der Waals surface area contributed by atoms with E-state index in [0.717, 1.165) is 42.2 Å². The smallest absolute Gasteiger partial charge is 0.270 e. The SMILES string of the molecule is CCCCOc1ccc(/C=C2\SC(=S)N(c3ccc(OCC)cc3)C2=O)cc1. The van der Waals surface area contributed by atoms with Crippen molar-refractivity contribution in [2.75, 3.05) is 18.1 Å². The van der Waals surface area contributed by atoms with Gasteiger partial charge in [0.05, 0.1) is 23.8 Å².